The SMILES string of the molecule is FC1=NC(F)(F)C(F)(F)C(F)=C1F. The van der Waals surface area contributed by atoms with Gasteiger partial charge in [0, 0.05) is 0 Å². The molecule has 0 aromatic rings. The minimum absolute atomic E-state index is 1.39. The Morgan fingerprint density at radius 3 is 1.85 bits per heavy atom. The quantitative estimate of drug-likeness (QED) is 0.427. The van der Waals surface area contributed by atoms with Crippen LogP contribution in [-0.4, -0.2) is 17.9 Å². The zero-order chi connectivity index (χ0) is 10.4. The molecule has 0 aromatic carbocycles. The molecule has 13 heavy (non-hydrogen) atoms. The molecule has 0 saturated carbocycles. The fraction of sp³-hybridized carbons (Fsp3) is 0.400. The molecule has 0 spiro atoms. The van der Waals surface area contributed by atoms with Crippen LogP contribution in [0.1, 0.15) is 0 Å². The second-order valence-electron chi connectivity index (χ2n) is 2.15. The van der Waals surface area contributed by atoms with Crippen molar-refractivity contribution in [2.24, 2.45) is 4.99 Å². The highest BCUT2D eigenvalue weighted by molar-refractivity contribution is 5.92. The number of halogens is 7. The third-order valence-corrected chi connectivity index (χ3v) is 1.27. The topological polar surface area (TPSA) is 12.4 Å². The summed E-state index contributed by atoms with van der Waals surface area (Å²) in [6.07, 6.45) is 0. The Morgan fingerprint density at radius 2 is 1.38 bits per heavy atom. The van der Waals surface area contributed by atoms with Crippen molar-refractivity contribution in [3.63, 3.8) is 0 Å². The van der Waals surface area contributed by atoms with Crippen LogP contribution in [0.4, 0.5) is 30.7 Å². The van der Waals surface area contributed by atoms with Gasteiger partial charge in [0.05, 0.1) is 0 Å². The molecule has 0 aromatic heterocycles. The van der Waals surface area contributed by atoms with Gasteiger partial charge in [-0.15, -0.1) is 0 Å². The molecule has 0 unspecified atom stereocenters. The Labute approximate surface area is 66.6 Å². The third kappa shape index (κ3) is 1.20. The Kier molecular flexibility index (Phi) is 1.89. The number of alkyl halides is 4. The van der Waals surface area contributed by atoms with Gasteiger partial charge >= 0.3 is 12.0 Å². The maximum Gasteiger partial charge on any atom is 0.414 e. The monoisotopic (exact) mass is 207 g/mol. The van der Waals surface area contributed by atoms with Crippen molar-refractivity contribution in [2.45, 2.75) is 12.0 Å². The first-order chi connectivity index (χ1) is 5.70. The van der Waals surface area contributed by atoms with Crippen LogP contribution in [0.25, 0.3) is 0 Å². The maximum atomic E-state index is 12.1. The molecule has 74 valence electrons. The van der Waals surface area contributed by atoms with E-state index in [-0.39, 0.29) is 0 Å². The van der Waals surface area contributed by atoms with Crippen LogP contribution in [0, 0.1) is 0 Å². The number of dihydropyridines is 1. The minimum atomic E-state index is -5.44. The summed E-state index contributed by atoms with van der Waals surface area (Å²) in [6, 6.07) is -5.29. The number of allylic oxidation sites excluding steroid dienone is 1. The summed E-state index contributed by atoms with van der Waals surface area (Å²) in [7, 11) is 0. The Bertz CT molecular complexity index is 302. The number of rotatable bonds is 0. The van der Waals surface area contributed by atoms with Crippen molar-refractivity contribution in [2.75, 3.05) is 0 Å². The van der Waals surface area contributed by atoms with Crippen LogP contribution in [0.3, 0.4) is 0 Å². The Balaban J connectivity index is 3.32. The minimum Gasteiger partial charge on any atom is -0.201 e. The predicted octanol–water partition coefficient (Wildman–Crippen LogP) is 2.75. The van der Waals surface area contributed by atoms with Crippen molar-refractivity contribution < 1.29 is 30.7 Å². The molecular weight excluding hydrogens is 207 g/mol. The average Bonchev–Trinajstić information content (AvgIpc) is 1.98. The molecule has 0 bridgehead atoms. The van der Waals surface area contributed by atoms with Gasteiger partial charge in [0.2, 0.25) is 11.7 Å². The number of hydrogen-bond acceptors (Lipinski definition) is 1. The molecule has 1 nitrogen and oxygen atoms in total. The van der Waals surface area contributed by atoms with Gasteiger partial charge in [0.25, 0.3) is 5.97 Å². The van der Waals surface area contributed by atoms with Gasteiger partial charge in [-0.05, 0) is 0 Å². The highest BCUT2D eigenvalue weighted by atomic mass is 19.3. The molecule has 1 aliphatic heterocycles. The Morgan fingerprint density at radius 1 is 0.923 bits per heavy atom. The van der Waals surface area contributed by atoms with E-state index in [2.05, 4.69) is 0 Å². The standard InChI is InChI=1S/C5F7N/c6-1-2(7)4(9,10)5(11,12)13-3(1)8. The van der Waals surface area contributed by atoms with E-state index in [0.29, 0.717) is 0 Å². The van der Waals surface area contributed by atoms with Crippen molar-refractivity contribution in [1.29, 1.82) is 0 Å². The first-order valence-corrected chi connectivity index (χ1v) is 2.77. The normalized spacial score (nSPS) is 25.9. The maximum absolute atomic E-state index is 12.1. The van der Waals surface area contributed by atoms with Crippen LogP contribution in [0.15, 0.2) is 16.6 Å². The molecule has 0 atom stereocenters. The summed E-state index contributed by atoms with van der Waals surface area (Å²) in [5, 5.41) is 0. The molecule has 0 fully saturated rings. The van der Waals surface area contributed by atoms with Crippen LogP contribution in [-0.2, 0) is 0 Å². The van der Waals surface area contributed by atoms with Crippen molar-refractivity contribution in [3.8, 4) is 0 Å². The zero-order valence-electron chi connectivity index (χ0n) is 5.59. The van der Waals surface area contributed by atoms with E-state index in [4.69, 9.17) is 0 Å². The van der Waals surface area contributed by atoms with Gasteiger partial charge in [0.15, 0.2) is 0 Å². The molecule has 1 heterocycles. The zero-order valence-corrected chi connectivity index (χ0v) is 5.59. The molecule has 0 amide bonds. The smallest absolute Gasteiger partial charge is 0.201 e. The summed E-state index contributed by atoms with van der Waals surface area (Å²) < 4.78 is 84.3. The van der Waals surface area contributed by atoms with Gasteiger partial charge in [-0.25, -0.2) is 4.39 Å². The van der Waals surface area contributed by atoms with Crippen LogP contribution in [0.5, 0.6) is 0 Å². The lowest BCUT2D eigenvalue weighted by molar-refractivity contribution is -0.192. The van der Waals surface area contributed by atoms with Gasteiger partial charge in [-0.3, -0.25) is 0 Å². The van der Waals surface area contributed by atoms with Crippen LogP contribution < -0.4 is 0 Å². The summed E-state index contributed by atoms with van der Waals surface area (Å²) in [5.41, 5.74) is 0. The Hall–Kier alpha value is -1.08. The molecule has 0 aliphatic carbocycles. The highest BCUT2D eigenvalue weighted by Crippen LogP contribution is 2.46. The molecule has 0 saturated heterocycles. The van der Waals surface area contributed by atoms with Gasteiger partial charge in [-0.1, -0.05) is 0 Å². The third-order valence-electron chi connectivity index (χ3n) is 1.27. The van der Waals surface area contributed by atoms with E-state index in [1.165, 1.54) is 4.99 Å². The fourth-order valence-corrected chi connectivity index (χ4v) is 0.603. The van der Waals surface area contributed by atoms with Crippen molar-refractivity contribution >= 4 is 5.97 Å². The predicted molar refractivity (Wildman–Crippen MR) is 27.7 cm³/mol. The van der Waals surface area contributed by atoms with Crippen molar-refractivity contribution in [1.82, 2.24) is 0 Å². The van der Waals surface area contributed by atoms with Gasteiger partial charge < -0.3 is 0 Å². The summed E-state index contributed by atoms with van der Waals surface area (Å²) >= 11 is 0. The van der Waals surface area contributed by atoms with Crippen LogP contribution in [0.2, 0.25) is 0 Å². The molecule has 1 aliphatic rings. The highest BCUT2D eigenvalue weighted by Gasteiger charge is 2.64. The summed E-state index contributed by atoms with van der Waals surface area (Å²) in [6.45, 7) is 0. The van der Waals surface area contributed by atoms with Gasteiger partial charge in [0.1, 0.15) is 0 Å². The summed E-state index contributed by atoms with van der Waals surface area (Å²) in [4.78, 5) is 1.39. The molecule has 0 radical (unpaired) electrons. The first-order valence-electron chi connectivity index (χ1n) is 2.77. The lowest BCUT2D eigenvalue weighted by Crippen LogP contribution is -2.43. The lowest BCUT2D eigenvalue weighted by atomic mass is 10.2. The molecular formula is C5F7N. The molecule has 8 heteroatoms. The van der Waals surface area contributed by atoms with E-state index in [0.717, 1.165) is 0 Å². The van der Waals surface area contributed by atoms with E-state index < -0.39 is 29.6 Å². The molecule has 1 rings (SSSR count). The van der Waals surface area contributed by atoms with Crippen LogP contribution >= 0.6 is 0 Å². The second kappa shape index (κ2) is 2.46. The lowest BCUT2D eigenvalue weighted by Gasteiger charge is -2.24. The van der Waals surface area contributed by atoms with E-state index in [9.17, 15) is 30.7 Å². The average molecular weight is 207 g/mol. The molecule has 0 N–H and O–H groups in total. The largest absolute Gasteiger partial charge is 0.414 e. The number of hydrogen-bond donors (Lipinski definition) is 0. The summed E-state index contributed by atoms with van der Waals surface area (Å²) in [5.74, 6) is -13.9. The van der Waals surface area contributed by atoms with E-state index in [1.807, 2.05) is 0 Å². The van der Waals surface area contributed by atoms with E-state index >= 15 is 0 Å². The first kappa shape index (κ1) is 10.0. The van der Waals surface area contributed by atoms with Crippen molar-refractivity contribution in [3.05, 3.63) is 11.7 Å². The second-order valence-corrected chi connectivity index (χ2v) is 2.15. The van der Waals surface area contributed by atoms with E-state index in [1.54, 1.807) is 0 Å². The number of aliphatic imine (C=N–C) groups is 1. The number of nitrogens with zero attached hydrogens (tertiary/aromatic N) is 1. The fourth-order valence-electron chi connectivity index (χ4n) is 0.603. The van der Waals surface area contributed by atoms with Gasteiger partial charge in [-0.2, -0.15) is 31.3 Å².